The van der Waals surface area contributed by atoms with Gasteiger partial charge in [-0.1, -0.05) is 36.4 Å². The largest absolute Gasteiger partial charge is 0.492 e. The molecule has 4 aromatic rings. The van der Waals surface area contributed by atoms with Gasteiger partial charge in [-0.05, 0) is 48.9 Å². The fourth-order valence-electron chi connectivity index (χ4n) is 4.38. The lowest BCUT2D eigenvalue weighted by Crippen LogP contribution is -2.25. The number of hydrogen-bond acceptors (Lipinski definition) is 3. The number of anilines is 1. The molecule has 1 saturated heterocycles. The highest BCUT2D eigenvalue weighted by atomic mass is 19.1. The molecule has 1 aromatic heterocycles. The zero-order valence-corrected chi connectivity index (χ0v) is 17.9. The number of carbonyl (C=O) groups is 1. The number of halogens is 1. The van der Waals surface area contributed by atoms with E-state index in [1.807, 2.05) is 55.5 Å². The number of hydrogen-bond donors (Lipinski definition) is 0. The minimum Gasteiger partial charge on any atom is -0.492 e. The molecule has 1 aliphatic heterocycles. The molecule has 6 heteroatoms. The van der Waals surface area contributed by atoms with Gasteiger partial charge in [0.2, 0.25) is 5.91 Å². The summed E-state index contributed by atoms with van der Waals surface area (Å²) in [6, 6.07) is 22.3. The van der Waals surface area contributed by atoms with E-state index in [9.17, 15) is 9.18 Å². The van der Waals surface area contributed by atoms with E-state index in [2.05, 4.69) is 4.57 Å². The third-order valence-corrected chi connectivity index (χ3v) is 5.89. The lowest BCUT2D eigenvalue weighted by molar-refractivity contribution is -0.117. The highest BCUT2D eigenvalue weighted by molar-refractivity contribution is 5.96. The molecule has 2 heterocycles. The van der Waals surface area contributed by atoms with Crippen molar-refractivity contribution in [3.8, 4) is 5.75 Å². The molecule has 1 atom stereocenters. The van der Waals surface area contributed by atoms with Crippen LogP contribution in [0, 0.1) is 12.7 Å². The minimum absolute atomic E-state index is 0.0882. The quantitative estimate of drug-likeness (QED) is 0.429. The molecule has 0 radical (unpaired) electrons. The molecular formula is C26H24FN3O2. The lowest BCUT2D eigenvalue weighted by Gasteiger charge is -2.18. The van der Waals surface area contributed by atoms with E-state index >= 15 is 0 Å². The normalized spacial score (nSPS) is 16.1. The molecule has 0 aliphatic carbocycles. The minimum atomic E-state index is -0.387. The van der Waals surface area contributed by atoms with Gasteiger partial charge in [0.1, 0.15) is 24.0 Å². The molecule has 0 bridgehead atoms. The van der Waals surface area contributed by atoms with Crippen molar-refractivity contribution in [2.45, 2.75) is 25.8 Å². The zero-order valence-electron chi connectivity index (χ0n) is 17.9. The molecule has 0 spiro atoms. The van der Waals surface area contributed by atoms with Crippen LogP contribution in [0.15, 0.2) is 72.8 Å². The number of carbonyl (C=O) groups excluding carboxylic acids is 1. The maximum atomic E-state index is 14.3. The molecule has 162 valence electrons. The average molecular weight is 429 g/mol. The molecule has 1 amide bonds. The van der Waals surface area contributed by atoms with Gasteiger partial charge in [-0.2, -0.15) is 0 Å². The van der Waals surface area contributed by atoms with Gasteiger partial charge in [-0.25, -0.2) is 9.37 Å². The summed E-state index contributed by atoms with van der Waals surface area (Å²) in [5, 5.41) is 0. The Balaban J connectivity index is 1.41. The number of nitrogens with zero attached hydrogens (tertiary/aromatic N) is 3. The van der Waals surface area contributed by atoms with Crippen LogP contribution in [-0.4, -0.2) is 28.6 Å². The SMILES string of the molecule is Cc1cccc(OCCn2c(C3CC(=O)N(c4ccccc4F)C3)nc3ccccc32)c1. The van der Waals surface area contributed by atoms with Crippen LogP contribution in [0.5, 0.6) is 5.75 Å². The maximum Gasteiger partial charge on any atom is 0.227 e. The molecular weight excluding hydrogens is 405 g/mol. The molecule has 32 heavy (non-hydrogen) atoms. The van der Waals surface area contributed by atoms with E-state index in [-0.39, 0.29) is 17.6 Å². The molecule has 5 nitrogen and oxygen atoms in total. The average Bonchev–Trinajstić information content (AvgIpc) is 3.35. The third kappa shape index (κ3) is 3.84. The van der Waals surface area contributed by atoms with Crippen molar-refractivity contribution in [3.05, 3.63) is 90.0 Å². The Labute approximate surface area is 186 Å². The Morgan fingerprint density at radius 1 is 1.06 bits per heavy atom. The summed E-state index contributed by atoms with van der Waals surface area (Å²) < 4.78 is 22.4. The first kappa shape index (κ1) is 20.2. The molecule has 3 aromatic carbocycles. The summed E-state index contributed by atoms with van der Waals surface area (Å²) >= 11 is 0. The highest BCUT2D eigenvalue weighted by Crippen LogP contribution is 2.34. The highest BCUT2D eigenvalue weighted by Gasteiger charge is 2.35. The number of fused-ring (bicyclic) bond motifs is 1. The van der Waals surface area contributed by atoms with Gasteiger partial charge in [-0.15, -0.1) is 0 Å². The summed E-state index contributed by atoms with van der Waals surface area (Å²) in [5.41, 5.74) is 3.36. The second kappa shape index (κ2) is 8.46. The fraction of sp³-hybridized carbons (Fsp3) is 0.231. The number of rotatable bonds is 6. The second-order valence-electron chi connectivity index (χ2n) is 8.13. The topological polar surface area (TPSA) is 47.4 Å². The monoisotopic (exact) mass is 429 g/mol. The first-order valence-electron chi connectivity index (χ1n) is 10.8. The van der Waals surface area contributed by atoms with Crippen molar-refractivity contribution < 1.29 is 13.9 Å². The van der Waals surface area contributed by atoms with Gasteiger partial charge >= 0.3 is 0 Å². The van der Waals surface area contributed by atoms with E-state index in [0.29, 0.717) is 31.8 Å². The van der Waals surface area contributed by atoms with Crippen LogP contribution in [0.2, 0.25) is 0 Å². The summed E-state index contributed by atoms with van der Waals surface area (Å²) in [6.45, 7) is 3.53. The van der Waals surface area contributed by atoms with Gasteiger partial charge in [-0.3, -0.25) is 4.79 Å². The second-order valence-corrected chi connectivity index (χ2v) is 8.13. The summed E-state index contributed by atoms with van der Waals surface area (Å²) in [5.74, 6) is 1.08. The lowest BCUT2D eigenvalue weighted by atomic mass is 10.1. The number of para-hydroxylation sites is 3. The van der Waals surface area contributed by atoms with Gasteiger partial charge in [0.25, 0.3) is 0 Å². The molecule has 0 saturated carbocycles. The van der Waals surface area contributed by atoms with Crippen LogP contribution in [0.25, 0.3) is 11.0 Å². The van der Waals surface area contributed by atoms with Gasteiger partial charge in [0.05, 0.1) is 23.3 Å². The first-order chi connectivity index (χ1) is 15.6. The first-order valence-corrected chi connectivity index (χ1v) is 10.8. The molecule has 0 N–H and O–H groups in total. The molecule has 1 unspecified atom stereocenters. The maximum absolute atomic E-state index is 14.3. The van der Waals surface area contributed by atoms with Gasteiger partial charge in [0.15, 0.2) is 0 Å². The van der Waals surface area contributed by atoms with E-state index in [1.54, 1.807) is 18.2 Å². The number of amides is 1. The van der Waals surface area contributed by atoms with Crippen molar-refractivity contribution in [3.63, 3.8) is 0 Å². The van der Waals surface area contributed by atoms with Crippen LogP contribution in [0.3, 0.4) is 0 Å². The van der Waals surface area contributed by atoms with Crippen molar-refractivity contribution in [2.75, 3.05) is 18.1 Å². The molecule has 5 rings (SSSR count). The fourth-order valence-corrected chi connectivity index (χ4v) is 4.38. The van der Waals surface area contributed by atoms with Crippen molar-refractivity contribution in [2.24, 2.45) is 0 Å². The molecule has 1 fully saturated rings. The Morgan fingerprint density at radius 3 is 2.72 bits per heavy atom. The predicted molar refractivity (Wildman–Crippen MR) is 123 cm³/mol. The Morgan fingerprint density at radius 2 is 1.88 bits per heavy atom. The predicted octanol–water partition coefficient (Wildman–Crippen LogP) is 5.08. The van der Waals surface area contributed by atoms with E-state index in [1.165, 1.54) is 11.0 Å². The summed E-state index contributed by atoms with van der Waals surface area (Å²) in [6.07, 6.45) is 0.302. The van der Waals surface area contributed by atoms with Gasteiger partial charge in [0, 0.05) is 18.9 Å². The van der Waals surface area contributed by atoms with Crippen molar-refractivity contribution in [1.82, 2.24) is 9.55 Å². The van der Waals surface area contributed by atoms with Crippen LogP contribution >= 0.6 is 0 Å². The van der Waals surface area contributed by atoms with Crippen LogP contribution in [0.4, 0.5) is 10.1 Å². The Bertz CT molecular complexity index is 1280. The van der Waals surface area contributed by atoms with E-state index in [0.717, 1.165) is 28.2 Å². The number of aromatic nitrogens is 2. The van der Waals surface area contributed by atoms with Crippen LogP contribution < -0.4 is 9.64 Å². The third-order valence-electron chi connectivity index (χ3n) is 5.89. The van der Waals surface area contributed by atoms with E-state index < -0.39 is 0 Å². The Hall–Kier alpha value is -3.67. The zero-order chi connectivity index (χ0) is 22.1. The Kier molecular flexibility index (Phi) is 5.35. The van der Waals surface area contributed by atoms with Crippen molar-refractivity contribution in [1.29, 1.82) is 0 Å². The van der Waals surface area contributed by atoms with Crippen LogP contribution in [-0.2, 0) is 11.3 Å². The summed E-state index contributed by atoms with van der Waals surface area (Å²) in [7, 11) is 0. The smallest absolute Gasteiger partial charge is 0.227 e. The standard InChI is InChI=1S/C26H24FN3O2/c1-18-7-6-8-20(15-18)32-14-13-29-24-12-5-3-10-22(24)28-26(29)19-16-25(31)30(17-19)23-11-4-2-9-21(23)27/h2-12,15,19H,13-14,16-17H2,1H3. The van der Waals surface area contributed by atoms with E-state index in [4.69, 9.17) is 9.72 Å². The summed E-state index contributed by atoms with van der Waals surface area (Å²) in [4.78, 5) is 19.2. The number of aryl methyl sites for hydroxylation is 1. The molecule has 1 aliphatic rings. The van der Waals surface area contributed by atoms with Crippen molar-refractivity contribution >= 4 is 22.6 Å². The number of imidazole rings is 1. The number of benzene rings is 3. The van der Waals surface area contributed by atoms with Crippen LogP contribution in [0.1, 0.15) is 23.7 Å². The van der Waals surface area contributed by atoms with Gasteiger partial charge < -0.3 is 14.2 Å². The number of ether oxygens (including phenoxy) is 1.